The zero-order valence-corrected chi connectivity index (χ0v) is 9.18. The number of fused-ring (bicyclic) bond motifs is 2. The van der Waals surface area contributed by atoms with E-state index in [0.29, 0.717) is 0 Å². The molecule has 82 valence electrons. The Morgan fingerprint density at radius 3 is 2.62 bits per heavy atom. The number of hydrogen-bond donors (Lipinski definition) is 1. The second-order valence-electron chi connectivity index (χ2n) is 4.08. The summed E-state index contributed by atoms with van der Waals surface area (Å²) in [6.45, 7) is 1.71. The van der Waals surface area contributed by atoms with Crippen molar-refractivity contribution in [2.45, 2.75) is 13.3 Å². The topological polar surface area (TPSA) is 37.3 Å². The largest absolute Gasteiger partial charge is 0.481 e. The van der Waals surface area contributed by atoms with Crippen LogP contribution in [-0.2, 0) is 4.79 Å². The maximum absolute atomic E-state index is 10.9. The van der Waals surface area contributed by atoms with Crippen molar-refractivity contribution in [2.24, 2.45) is 5.92 Å². The van der Waals surface area contributed by atoms with E-state index >= 15 is 0 Å². The first kappa shape index (κ1) is 10.7. The van der Waals surface area contributed by atoms with E-state index in [1.54, 1.807) is 6.92 Å². The number of carboxylic acids is 1. The van der Waals surface area contributed by atoms with Crippen LogP contribution in [0.5, 0.6) is 0 Å². The van der Waals surface area contributed by atoms with Crippen molar-refractivity contribution in [3.63, 3.8) is 0 Å². The highest BCUT2D eigenvalue weighted by molar-refractivity contribution is 5.74. The molecule has 2 rings (SSSR count). The van der Waals surface area contributed by atoms with E-state index in [1.807, 2.05) is 36.5 Å². The number of carbonyl (C=O) groups is 1. The van der Waals surface area contributed by atoms with Gasteiger partial charge in [0.2, 0.25) is 0 Å². The van der Waals surface area contributed by atoms with Crippen molar-refractivity contribution in [3.05, 3.63) is 59.3 Å². The second-order valence-corrected chi connectivity index (χ2v) is 4.08. The minimum Gasteiger partial charge on any atom is -0.481 e. The van der Waals surface area contributed by atoms with Gasteiger partial charge in [0.05, 0.1) is 5.92 Å². The summed E-state index contributed by atoms with van der Waals surface area (Å²) in [6.07, 6.45) is 14.8. The summed E-state index contributed by atoms with van der Waals surface area (Å²) >= 11 is 0. The number of aliphatic carboxylic acids is 1. The van der Waals surface area contributed by atoms with Gasteiger partial charge in [-0.15, -0.1) is 0 Å². The van der Waals surface area contributed by atoms with Crippen LogP contribution in [0.15, 0.2) is 59.3 Å². The molecule has 0 aromatic carbocycles. The van der Waals surface area contributed by atoms with Crippen molar-refractivity contribution in [1.29, 1.82) is 0 Å². The van der Waals surface area contributed by atoms with Crippen LogP contribution in [0.3, 0.4) is 0 Å². The average molecular weight is 214 g/mol. The lowest BCUT2D eigenvalue weighted by molar-refractivity contribution is -0.139. The molecule has 0 saturated heterocycles. The summed E-state index contributed by atoms with van der Waals surface area (Å²) in [5, 5.41) is 9.00. The maximum atomic E-state index is 10.9. The van der Waals surface area contributed by atoms with Gasteiger partial charge >= 0.3 is 5.97 Å². The Bertz CT molecular complexity index is 459. The van der Waals surface area contributed by atoms with E-state index in [-0.39, 0.29) is 0 Å². The fraction of sp³-hybridized carbons (Fsp3) is 0.214. The maximum Gasteiger partial charge on any atom is 0.310 e. The van der Waals surface area contributed by atoms with Crippen LogP contribution < -0.4 is 0 Å². The number of allylic oxidation sites excluding steroid dienone is 9. The van der Waals surface area contributed by atoms with Crippen LogP contribution in [0, 0.1) is 5.92 Å². The van der Waals surface area contributed by atoms with Crippen molar-refractivity contribution < 1.29 is 9.90 Å². The summed E-state index contributed by atoms with van der Waals surface area (Å²) in [7, 11) is 0. The van der Waals surface area contributed by atoms with Crippen LogP contribution in [-0.4, -0.2) is 11.1 Å². The quantitative estimate of drug-likeness (QED) is 0.767. The van der Waals surface area contributed by atoms with Gasteiger partial charge in [-0.05, 0) is 30.1 Å². The van der Waals surface area contributed by atoms with Gasteiger partial charge in [0.1, 0.15) is 0 Å². The summed E-state index contributed by atoms with van der Waals surface area (Å²) in [5.41, 5.74) is 3.23. The number of carboxylic acid groups (broad SMARTS) is 1. The van der Waals surface area contributed by atoms with Crippen LogP contribution >= 0.6 is 0 Å². The third kappa shape index (κ3) is 2.22. The summed E-state index contributed by atoms with van der Waals surface area (Å²) < 4.78 is 0. The molecular weight excluding hydrogens is 200 g/mol. The highest BCUT2D eigenvalue weighted by Crippen LogP contribution is 2.26. The molecular formula is C14H14O2. The lowest BCUT2D eigenvalue weighted by Gasteiger charge is -2.06. The van der Waals surface area contributed by atoms with Gasteiger partial charge in [-0.2, -0.15) is 0 Å². The summed E-state index contributed by atoms with van der Waals surface area (Å²) in [6, 6.07) is 0. The monoisotopic (exact) mass is 214 g/mol. The molecule has 1 atom stereocenters. The molecule has 2 aliphatic carbocycles. The molecule has 2 nitrogen and oxygen atoms in total. The molecule has 16 heavy (non-hydrogen) atoms. The molecule has 0 aliphatic heterocycles. The number of rotatable bonds is 2. The van der Waals surface area contributed by atoms with Gasteiger partial charge in [-0.1, -0.05) is 42.5 Å². The zero-order chi connectivity index (χ0) is 11.5. The fourth-order valence-corrected chi connectivity index (χ4v) is 1.80. The molecule has 0 fully saturated rings. The summed E-state index contributed by atoms with van der Waals surface area (Å²) in [4.78, 5) is 10.9. The van der Waals surface area contributed by atoms with Gasteiger partial charge in [0.25, 0.3) is 0 Å². The zero-order valence-electron chi connectivity index (χ0n) is 9.18. The van der Waals surface area contributed by atoms with E-state index in [9.17, 15) is 4.79 Å². The van der Waals surface area contributed by atoms with Gasteiger partial charge in [-0.25, -0.2) is 0 Å². The van der Waals surface area contributed by atoms with Crippen LogP contribution in [0.25, 0.3) is 0 Å². The van der Waals surface area contributed by atoms with Crippen molar-refractivity contribution in [2.75, 3.05) is 0 Å². The predicted octanol–water partition coefficient (Wildman–Crippen LogP) is 3.02. The first-order chi connectivity index (χ1) is 7.66. The van der Waals surface area contributed by atoms with E-state index in [4.69, 9.17) is 5.11 Å². The average Bonchev–Trinajstić information content (AvgIpc) is 2.60. The minimum absolute atomic E-state index is 0.456. The Balaban J connectivity index is 2.38. The second kappa shape index (κ2) is 4.35. The van der Waals surface area contributed by atoms with Crippen molar-refractivity contribution in [3.8, 4) is 0 Å². The lowest BCUT2D eigenvalue weighted by atomic mass is 9.99. The Hall–Kier alpha value is -1.83. The first-order valence-corrected chi connectivity index (χ1v) is 5.35. The highest BCUT2D eigenvalue weighted by Gasteiger charge is 2.16. The van der Waals surface area contributed by atoms with E-state index in [0.717, 1.165) is 17.6 Å². The van der Waals surface area contributed by atoms with Gasteiger partial charge in [0.15, 0.2) is 0 Å². The predicted molar refractivity (Wildman–Crippen MR) is 63.9 cm³/mol. The van der Waals surface area contributed by atoms with E-state index < -0.39 is 11.9 Å². The van der Waals surface area contributed by atoms with Gasteiger partial charge < -0.3 is 5.11 Å². The minimum atomic E-state index is -0.782. The first-order valence-electron chi connectivity index (χ1n) is 5.35. The molecule has 0 amide bonds. The SMILES string of the molecule is C[C@@H](C(=O)O)C1=CC2=CC=CC=C(C=C1)C2. The third-order valence-electron chi connectivity index (χ3n) is 2.85. The lowest BCUT2D eigenvalue weighted by Crippen LogP contribution is -2.11. The number of hydrogen-bond acceptors (Lipinski definition) is 1. The van der Waals surface area contributed by atoms with Gasteiger partial charge in [0, 0.05) is 0 Å². The highest BCUT2D eigenvalue weighted by atomic mass is 16.4. The van der Waals surface area contributed by atoms with Crippen molar-refractivity contribution in [1.82, 2.24) is 0 Å². The van der Waals surface area contributed by atoms with E-state index in [2.05, 4.69) is 6.08 Å². The smallest absolute Gasteiger partial charge is 0.310 e. The Morgan fingerprint density at radius 2 is 1.94 bits per heavy atom. The Morgan fingerprint density at radius 1 is 1.25 bits per heavy atom. The molecule has 0 unspecified atom stereocenters. The molecule has 2 aliphatic rings. The molecule has 0 spiro atoms. The molecule has 0 heterocycles. The Kier molecular flexibility index (Phi) is 2.91. The van der Waals surface area contributed by atoms with E-state index in [1.165, 1.54) is 5.57 Å². The normalized spacial score (nSPS) is 20.2. The molecule has 2 bridgehead atoms. The Labute approximate surface area is 95.0 Å². The van der Waals surface area contributed by atoms with Crippen molar-refractivity contribution >= 4 is 5.97 Å². The van der Waals surface area contributed by atoms with Crippen LogP contribution in [0.4, 0.5) is 0 Å². The molecule has 0 radical (unpaired) electrons. The van der Waals surface area contributed by atoms with Crippen LogP contribution in [0.1, 0.15) is 13.3 Å². The fourth-order valence-electron chi connectivity index (χ4n) is 1.80. The molecule has 1 N–H and O–H groups in total. The van der Waals surface area contributed by atoms with Crippen LogP contribution in [0.2, 0.25) is 0 Å². The third-order valence-corrected chi connectivity index (χ3v) is 2.85. The summed E-state index contributed by atoms with van der Waals surface area (Å²) in [5.74, 6) is -1.24. The molecule has 0 aromatic heterocycles. The van der Waals surface area contributed by atoms with Gasteiger partial charge in [-0.3, -0.25) is 4.79 Å². The molecule has 2 heteroatoms. The molecule has 0 aromatic rings. The molecule has 0 saturated carbocycles. The standard InChI is InChI=1S/C14H14O2/c1-10(14(15)16)13-7-6-11-4-2-3-5-12(8-11)9-13/h2-7,9-10H,8H2,1H3,(H,15,16)/t10-/m1/s1.